The lowest BCUT2D eigenvalue weighted by molar-refractivity contribution is -0.342. The van der Waals surface area contributed by atoms with Gasteiger partial charge in [-0.05, 0) is 66.6 Å². The quantitative estimate of drug-likeness (QED) is 0.230. The smallest absolute Gasteiger partial charge is 0.308 e. The van der Waals surface area contributed by atoms with Gasteiger partial charge in [0.2, 0.25) is 0 Å². The molecule has 0 radical (unpaired) electrons. The van der Waals surface area contributed by atoms with Crippen LogP contribution in [0.25, 0.3) is 0 Å². The largest absolute Gasteiger partial charge is 0.462 e. The molecule has 0 amide bonds. The molecule has 3 rings (SSSR count). The molecule has 3 heterocycles. The lowest BCUT2D eigenvalue weighted by Crippen LogP contribution is -2.65. The zero-order valence-corrected chi connectivity index (χ0v) is 32.2. The predicted molar refractivity (Wildman–Crippen MR) is 189 cm³/mol. The Balaban J connectivity index is 1.93. The van der Waals surface area contributed by atoms with E-state index in [2.05, 4.69) is 0 Å². The molecule has 9 unspecified atom stereocenters. The monoisotopic (exact) mass is 727 g/mol. The number of cyclic esters (lactones) is 1. The van der Waals surface area contributed by atoms with Gasteiger partial charge in [0.1, 0.15) is 24.4 Å². The summed E-state index contributed by atoms with van der Waals surface area (Å²) in [5.74, 6) is -2.50. The van der Waals surface area contributed by atoms with Gasteiger partial charge in [-0.1, -0.05) is 51.8 Å². The molecule has 13 heteroatoms. The molecule has 3 aliphatic rings. The van der Waals surface area contributed by atoms with Crippen LogP contribution in [0.5, 0.6) is 0 Å². The highest BCUT2D eigenvalue weighted by molar-refractivity contribution is 5.91. The van der Waals surface area contributed by atoms with E-state index in [1.54, 1.807) is 47.0 Å². The molecule has 0 aromatic carbocycles. The van der Waals surface area contributed by atoms with E-state index in [1.807, 2.05) is 32.6 Å². The van der Waals surface area contributed by atoms with Crippen molar-refractivity contribution >= 4 is 11.8 Å². The normalized spacial score (nSPS) is 45.6. The molecule has 2 saturated heterocycles. The van der Waals surface area contributed by atoms with Gasteiger partial charge in [0.15, 0.2) is 18.4 Å². The van der Waals surface area contributed by atoms with Crippen LogP contribution in [0.1, 0.15) is 87.5 Å². The molecule has 0 spiro atoms. The maximum atomic E-state index is 13.3. The second kappa shape index (κ2) is 19.0. The summed E-state index contributed by atoms with van der Waals surface area (Å²) < 4.78 is 31.0. The first-order valence-electron chi connectivity index (χ1n) is 18.6. The Morgan fingerprint density at radius 1 is 0.961 bits per heavy atom. The molecular weight excluding hydrogens is 662 g/mol. The van der Waals surface area contributed by atoms with Gasteiger partial charge >= 0.3 is 5.97 Å². The molecule has 3 aliphatic heterocycles. The number of aliphatic hydroxyl groups is 5. The highest BCUT2D eigenvalue weighted by Crippen LogP contribution is 2.37. The maximum Gasteiger partial charge on any atom is 0.308 e. The van der Waals surface area contributed by atoms with Crippen LogP contribution in [0.4, 0.5) is 0 Å². The Kier molecular flexibility index (Phi) is 16.3. The number of allylic oxidation sites excluding steroid dienone is 3. The van der Waals surface area contributed by atoms with Gasteiger partial charge in [-0.25, -0.2) is 0 Å². The van der Waals surface area contributed by atoms with Gasteiger partial charge in [-0.15, -0.1) is 0 Å². The molecule has 0 saturated carbocycles. The van der Waals surface area contributed by atoms with Crippen LogP contribution < -0.4 is 0 Å². The predicted octanol–water partition coefficient (Wildman–Crippen LogP) is 2.49. The summed E-state index contributed by atoms with van der Waals surface area (Å²) in [4.78, 5) is 28.3. The third-order valence-electron chi connectivity index (χ3n) is 11.0. The maximum absolute atomic E-state index is 13.3. The number of aliphatic hydroxyl groups excluding tert-OH is 4. The van der Waals surface area contributed by atoms with E-state index in [-0.39, 0.29) is 31.1 Å². The summed E-state index contributed by atoms with van der Waals surface area (Å²) in [5.41, 5.74) is -0.690. The third-order valence-corrected chi connectivity index (χ3v) is 11.0. The molecule has 0 bridgehead atoms. The van der Waals surface area contributed by atoms with Crippen molar-refractivity contribution in [3.8, 4) is 0 Å². The average Bonchev–Trinajstić information content (AvgIpc) is 3.06. The van der Waals surface area contributed by atoms with E-state index in [4.69, 9.17) is 23.7 Å². The minimum Gasteiger partial charge on any atom is -0.462 e. The molecule has 2 fully saturated rings. The Morgan fingerprint density at radius 3 is 2.20 bits per heavy atom. The molecular formula is C38H65NO12. The highest BCUT2D eigenvalue weighted by Gasteiger charge is 2.51. The third kappa shape index (κ3) is 11.1. The summed E-state index contributed by atoms with van der Waals surface area (Å²) in [7, 11) is 3.59. The van der Waals surface area contributed by atoms with Crippen LogP contribution in [0, 0.1) is 23.7 Å². The molecule has 0 aliphatic carbocycles. The fourth-order valence-corrected chi connectivity index (χ4v) is 7.72. The molecule has 294 valence electrons. The second-order valence-electron chi connectivity index (χ2n) is 15.5. The van der Waals surface area contributed by atoms with Gasteiger partial charge in [0.05, 0.1) is 49.1 Å². The highest BCUT2D eigenvalue weighted by atomic mass is 16.7. The minimum absolute atomic E-state index is 0.0115. The van der Waals surface area contributed by atoms with E-state index in [0.717, 1.165) is 5.57 Å². The second-order valence-corrected chi connectivity index (χ2v) is 15.5. The van der Waals surface area contributed by atoms with Crippen LogP contribution >= 0.6 is 0 Å². The van der Waals surface area contributed by atoms with E-state index >= 15 is 0 Å². The topological polar surface area (TPSA) is 185 Å². The van der Waals surface area contributed by atoms with E-state index in [1.165, 1.54) is 13.0 Å². The number of esters is 1. The summed E-state index contributed by atoms with van der Waals surface area (Å²) in [6.45, 7) is 14.0. The van der Waals surface area contributed by atoms with Gasteiger partial charge in [0, 0.05) is 24.2 Å². The Labute approximate surface area is 303 Å². The van der Waals surface area contributed by atoms with Crippen molar-refractivity contribution in [2.45, 2.75) is 161 Å². The van der Waals surface area contributed by atoms with Crippen molar-refractivity contribution in [1.82, 2.24) is 4.90 Å². The standard InChI is InChI=1S/C38H65NO12/c1-11-25-16-21(4)27(41)14-13-20(3)15-26(19-40)29(12-2)49-30(43)17-28(42)22(5)34(25)51-37-33(44)32(39(9)10)35(23(6)48-37)50-31-18-38(8,46)36(45)24(7)47-31/h13-15,21-26,28-29,31-37,40,42,44-46H,11-12,16-19H2,1-10H3/b14-13+,20-15+/t21-,22+,23?,24?,25+,26-,28-,29-,31?,32?,33?,34-,35?,36?,37?,38?/m1/s1. The van der Waals surface area contributed by atoms with Crippen molar-refractivity contribution in [3.05, 3.63) is 23.8 Å². The van der Waals surface area contributed by atoms with Crippen molar-refractivity contribution in [1.29, 1.82) is 0 Å². The molecule has 51 heavy (non-hydrogen) atoms. The lowest BCUT2D eigenvalue weighted by atomic mass is 9.80. The fourth-order valence-electron chi connectivity index (χ4n) is 7.72. The van der Waals surface area contributed by atoms with Crippen LogP contribution in [0.3, 0.4) is 0 Å². The van der Waals surface area contributed by atoms with Crippen LogP contribution in [0.2, 0.25) is 0 Å². The van der Waals surface area contributed by atoms with Crippen LogP contribution in [-0.4, -0.2) is 136 Å². The number of ketones is 1. The van der Waals surface area contributed by atoms with Crippen molar-refractivity contribution < 1.29 is 58.8 Å². The van der Waals surface area contributed by atoms with Crippen molar-refractivity contribution in [3.63, 3.8) is 0 Å². The summed E-state index contributed by atoms with van der Waals surface area (Å²) >= 11 is 0. The Bertz CT molecular complexity index is 1190. The first-order valence-corrected chi connectivity index (χ1v) is 18.6. The Morgan fingerprint density at radius 2 is 1.63 bits per heavy atom. The number of nitrogens with zero attached hydrogens (tertiary/aromatic N) is 1. The number of carbonyl (C=O) groups is 2. The number of carbonyl (C=O) groups excluding carboxylic acids is 2. The van der Waals surface area contributed by atoms with Gasteiger partial charge < -0.3 is 54.1 Å². The summed E-state index contributed by atoms with van der Waals surface area (Å²) in [6, 6.07) is -0.650. The number of hydrogen-bond acceptors (Lipinski definition) is 13. The van der Waals surface area contributed by atoms with E-state index in [9.17, 15) is 35.1 Å². The fraction of sp³-hybridized carbons (Fsp3) is 0.842. The molecule has 5 N–H and O–H groups in total. The van der Waals surface area contributed by atoms with Crippen molar-refractivity contribution in [2.75, 3.05) is 20.7 Å². The van der Waals surface area contributed by atoms with E-state index < -0.39 is 96.8 Å². The number of rotatable bonds is 8. The van der Waals surface area contributed by atoms with Crippen LogP contribution in [0.15, 0.2) is 23.8 Å². The number of likely N-dealkylation sites (N-methyl/N-ethyl adjacent to an activating group) is 1. The zero-order valence-electron chi connectivity index (χ0n) is 32.2. The first kappa shape index (κ1) is 43.6. The molecule has 16 atom stereocenters. The molecule has 0 aromatic rings. The molecule has 0 aromatic heterocycles. The summed E-state index contributed by atoms with van der Waals surface area (Å²) in [5, 5.41) is 54.6. The van der Waals surface area contributed by atoms with Gasteiger partial charge in [-0.3, -0.25) is 9.59 Å². The SMILES string of the molecule is CC[C@H]1C[C@@H](C)C(=O)/C=C/C(C)=C/[C@H](CO)[C@@H](CC)OC(=O)C[C@@H](O)[C@H](C)[C@H]1OC1OC(C)C(OC2CC(C)(O)C(O)C(C)O2)C(N(C)C)C1O. The van der Waals surface area contributed by atoms with E-state index in [0.29, 0.717) is 19.3 Å². The number of hydrogen-bond donors (Lipinski definition) is 5. The molecule has 13 nitrogen and oxygen atoms in total. The lowest BCUT2D eigenvalue weighted by Gasteiger charge is -2.50. The Hall–Kier alpha value is -1.78. The zero-order chi connectivity index (χ0) is 38.4. The minimum atomic E-state index is -1.44. The van der Waals surface area contributed by atoms with Crippen LogP contribution in [-0.2, 0) is 33.3 Å². The summed E-state index contributed by atoms with van der Waals surface area (Å²) in [6.07, 6.45) is -2.81. The van der Waals surface area contributed by atoms with Crippen molar-refractivity contribution in [2.24, 2.45) is 23.7 Å². The van der Waals surface area contributed by atoms with Gasteiger partial charge in [0.25, 0.3) is 0 Å². The first-order chi connectivity index (χ1) is 23.8. The average molecular weight is 728 g/mol. The van der Waals surface area contributed by atoms with Gasteiger partial charge in [-0.2, -0.15) is 0 Å². The number of ether oxygens (including phenoxy) is 5.